The smallest absolute Gasteiger partial charge is 0.354 e. The number of hydrogen-bond donors (Lipinski definition) is 2. The van der Waals surface area contributed by atoms with Gasteiger partial charge in [-0.3, -0.25) is 0 Å². The molecule has 0 unspecified atom stereocenters. The number of aromatic carboxylic acids is 1. The molecule has 0 bridgehead atoms. The van der Waals surface area contributed by atoms with Crippen LogP contribution in [0.3, 0.4) is 0 Å². The van der Waals surface area contributed by atoms with Crippen molar-refractivity contribution in [3.8, 4) is 0 Å². The van der Waals surface area contributed by atoms with Crippen LogP contribution in [0.5, 0.6) is 0 Å². The van der Waals surface area contributed by atoms with Crippen molar-refractivity contribution in [1.82, 2.24) is 15.0 Å². The van der Waals surface area contributed by atoms with Gasteiger partial charge < -0.3 is 10.4 Å². The number of hydrogen-bond acceptors (Lipinski definition) is 6. The first-order valence-corrected chi connectivity index (χ1v) is 8.31. The first kappa shape index (κ1) is 14.9. The van der Waals surface area contributed by atoms with Crippen LogP contribution in [0.1, 0.15) is 45.3 Å². The normalized spacial score (nSPS) is 14.2. The molecule has 3 rings (SSSR count). The molecule has 116 valence electrons. The quantitative estimate of drug-likeness (QED) is 0.824. The summed E-state index contributed by atoms with van der Waals surface area (Å²) >= 11 is 1.81. The van der Waals surface area contributed by atoms with Gasteiger partial charge in [0.25, 0.3) is 0 Å². The van der Waals surface area contributed by atoms with Crippen LogP contribution in [0.25, 0.3) is 0 Å². The SMILES string of the molecule is O=C(O)c1ccnc(NCCc2nc3c(s2)CCCCC3)n1. The Labute approximate surface area is 132 Å². The second-order valence-corrected chi connectivity index (χ2v) is 6.45. The highest BCUT2D eigenvalue weighted by molar-refractivity contribution is 7.11. The third kappa shape index (κ3) is 3.59. The average molecular weight is 318 g/mol. The molecular formula is C15H18N4O2S. The summed E-state index contributed by atoms with van der Waals surface area (Å²) in [6.45, 7) is 0.648. The standard InChI is InChI=1S/C15H18N4O2S/c20-14(21)11-6-8-16-15(19-11)17-9-7-13-18-10-4-2-1-3-5-12(10)22-13/h6,8H,1-5,7,9H2,(H,20,21)(H,16,17,19). The average Bonchev–Trinajstić information content (AvgIpc) is 2.77. The van der Waals surface area contributed by atoms with E-state index in [1.807, 2.05) is 0 Å². The van der Waals surface area contributed by atoms with Crippen molar-refractivity contribution in [2.75, 3.05) is 11.9 Å². The first-order valence-electron chi connectivity index (χ1n) is 7.50. The zero-order valence-corrected chi connectivity index (χ0v) is 13.0. The van der Waals surface area contributed by atoms with Gasteiger partial charge in [-0.1, -0.05) is 6.42 Å². The van der Waals surface area contributed by atoms with Crippen LogP contribution in [-0.2, 0) is 19.3 Å². The van der Waals surface area contributed by atoms with Crippen LogP contribution in [0.2, 0.25) is 0 Å². The molecule has 0 fully saturated rings. The number of fused-ring (bicyclic) bond motifs is 1. The van der Waals surface area contributed by atoms with E-state index in [2.05, 4.69) is 15.3 Å². The molecule has 6 nitrogen and oxygen atoms in total. The molecule has 7 heteroatoms. The number of aromatic nitrogens is 3. The first-order chi connectivity index (χ1) is 10.7. The molecule has 0 saturated carbocycles. The second kappa shape index (κ2) is 6.83. The van der Waals surface area contributed by atoms with Crippen molar-refractivity contribution < 1.29 is 9.90 Å². The third-order valence-corrected chi connectivity index (χ3v) is 4.85. The third-order valence-electron chi connectivity index (χ3n) is 3.64. The van der Waals surface area contributed by atoms with Crippen molar-refractivity contribution in [3.05, 3.63) is 33.5 Å². The molecule has 0 saturated heterocycles. The van der Waals surface area contributed by atoms with E-state index in [1.165, 1.54) is 42.1 Å². The van der Waals surface area contributed by atoms with E-state index >= 15 is 0 Å². The van der Waals surface area contributed by atoms with Crippen molar-refractivity contribution in [2.24, 2.45) is 0 Å². The summed E-state index contributed by atoms with van der Waals surface area (Å²) in [7, 11) is 0. The molecule has 1 aliphatic carbocycles. The molecule has 0 aliphatic heterocycles. The Kier molecular flexibility index (Phi) is 4.62. The fourth-order valence-electron chi connectivity index (χ4n) is 2.53. The number of thiazole rings is 1. The zero-order chi connectivity index (χ0) is 15.4. The number of anilines is 1. The highest BCUT2D eigenvalue weighted by atomic mass is 32.1. The van der Waals surface area contributed by atoms with Crippen molar-refractivity contribution in [3.63, 3.8) is 0 Å². The minimum Gasteiger partial charge on any atom is -0.477 e. The lowest BCUT2D eigenvalue weighted by Crippen LogP contribution is -2.10. The second-order valence-electron chi connectivity index (χ2n) is 5.29. The number of carboxylic acids is 1. The molecule has 0 radical (unpaired) electrons. The lowest BCUT2D eigenvalue weighted by molar-refractivity contribution is 0.0690. The van der Waals surface area contributed by atoms with E-state index < -0.39 is 5.97 Å². The topological polar surface area (TPSA) is 88.0 Å². The predicted molar refractivity (Wildman–Crippen MR) is 84.6 cm³/mol. The summed E-state index contributed by atoms with van der Waals surface area (Å²) in [4.78, 5) is 25.0. The van der Waals surface area contributed by atoms with E-state index in [0.717, 1.165) is 24.3 Å². The lowest BCUT2D eigenvalue weighted by atomic mass is 10.2. The summed E-state index contributed by atoms with van der Waals surface area (Å²) in [6, 6.07) is 1.38. The minimum atomic E-state index is -1.05. The molecule has 2 heterocycles. The molecule has 2 aromatic rings. The molecule has 1 aliphatic rings. The minimum absolute atomic E-state index is 0.00142. The van der Waals surface area contributed by atoms with Crippen LogP contribution in [0.15, 0.2) is 12.3 Å². The van der Waals surface area contributed by atoms with Gasteiger partial charge in [-0.15, -0.1) is 11.3 Å². The molecule has 0 atom stereocenters. The largest absolute Gasteiger partial charge is 0.477 e. The van der Waals surface area contributed by atoms with Gasteiger partial charge >= 0.3 is 5.97 Å². The Morgan fingerprint density at radius 2 is 2.14 bits per heavy atom. The monoisotopic (exact) mass is 318 g/mol. The summed E-state index contributed by atoms with van der Waals surface area (Å²) in [5, 5.41) is 13.1. The van der Waals surface area contributed by atoms with Crippen molar-refractivity contribution in [1.29, 1.82) is 0 Å². The van der Waals surface area contributed by atoms with Gasteiger partial charge in [0.2, 0.25) is 5.95 Å². The van der Waals surface area contributed by atoms with E-state index in [4.69, 9.17) is 10.1 Å². The number of nitrogens with one attached hydrogen (secondary N) is 1. The highest BCUT2D eigenvalue weighted by Gasteiger charge is 2.13. The molecule has 22 heavy (non-hydrogen) atoms. The van der Waals surface area contributed by atoms with Gasteiger partial charge in [0.15, 0.2) is 5.69 Å². The zero-order valence-electron chi connectivity index (χ0n) is 12.2. The Morgan fingerprint density at radius 3 is 3.00 bits per heavy atom. The van der Waals surface area contributed by atoms with Gasteiger partial charge in [-0.05, 0) is 31.7 Å². The van der Waals surface area contributed by atoms with E-state index in [9.17, 15) is 4.79 Å². The van der Waals surface area contributed by atoms with Crippen LogP contribution in [0.4, 0.5) is 5.95 Å². The van der Waals surface area contributed by atoms with E-state index in [-0.39, 0.29) is 5.69 Å². The number of carboxylic acid groups (broad SMARTS) is 1. The van der Waals surface area contributed by atoms with Gasteiger partial charge in [-0.2, -0.15) is 0 Å². The summed E-state index contributed by atoms with van der Waals surface area (Å²) in [5.41, 5.74) is 1.28. The number of aryl methyl sites for hydroxylation is 2. The van der Waals surface area contributed by atoms with Crippen LogP contribution < -0.4 is 5.32 Å². The van der Waals surface area contributed by atoms with Crippen LogP contribution >= 0.6 is 11.3 Å². The van der Waals surface area contributed by atoms with E-state index in [0.29, 0.717) is 12.5 Å². The highest BCUT2D eigenvalue weighted by Crippen LogP contribution is 2.26. The molecular weight excluding hydrogens is 300 g/mol. The predicted octanol–water partition coefficient (Wildman–Crippen LogP) is 2.55. The van der Waals surface area contributed by atoms with Crippen LogP contribution in [-0.4, -0.2) is 32.6 Å². The molecule has 0 amide bonds. The Morgan fingerprint density at radius 1 is 1.27 bits per heavy atom. The fourth-order valence-corrected chi connectivity index (χ4v) is 3.69. The van der Waals surface area contributed by atoms with Gasteiger partial charge in [-0.25, -0.2) is 19.7 Å². The number of rotatable bonds is 5. The van der Waals surface area contributed by atoms with Gasteiger partial charge in [0.05, 0.1) is 10.7 Å². The van der Waals surface area contributed by atoms with Gasteiger partial charge in [0.1, 0.15) is 0 Å². The Bertz CT molecular complexity index is 648. The van der Waals surface area contributed by atoms with Crippen molar-refractivity contribution >= 4 is 23.3 Å². The summed E-state index contributed by atoms with van der Waals surface area (Å²) in [5.74, 6) is -0.702. The number of nitrogens with zero attached hydrogens (tertiary/aromatic N) is 3. The molecule has 2 N–H and O–H groups in total. The lowest BCUT2D eigenvalue weighted by Gasteiger charge is -2.03. The molecule has 2 aromatic heterocycles. The summed E-state index contributed by atoms with van der Waals surface area (Å²) < 4.78 is 0. The molecule has 0 aromatic carbocycles. The molecule has 0 spiro atoms. The summed E-state index contributed by atoms with van der Waals surface area (Å²) in [6.07, 6.45) is 8.32. The van der Waals surface area contributed by atoms with Crippen LogP contribution in [0, 0.1) is 0 Å². The fraction of sp³-hybridized carbons (Fsp3) is 0.467. The Hall–Kier alpha value is -2.02. The maximum atomic E-state index is 10.9. The van der Waals surface area contributed by atoms with Crippen molar-refractivity contribution in [2.45, 2.75) is 38.5 Å². The Balaban J connectivity index is 1.57. The number of carbonyl (C=O) groups is 1. The van der Waals surface area contributed by atoms with Gasteiger partial charge in [0, 0.05) is 24.0 Å². The van der Waals surface area contributed by atoms with E-state index in [1.54, 1.807) is 11.3 Å². The maximum Gasteiger partial charge on any atom is 0.354 e. The maximum absolute atomic E-state index is 10.9.